The molecule has 4 heterocycles. The van der Waals surface area contributed by atoms with Gasteiger partial charge in [0.1, 0.15) is 17.7 Å². The number of aliphatic hydroxyl groups excluding tert-OH is 1. The molecule has 1 unspecified atom stereocenters. The summed E-state index contributed by atoms with van der Waals surface area (Å²) in [6.45, 7) is 5.99. The SMILES string of the molecule is Cc1cncc(Cl)c1[C@@H](C)Oc1ccc2n[nH]c(/C=C(\F)c3ccc(CN4CCC(O)C4)nc3)c2c1. The molecule has 0 saturated carbocycles. The van der Waals surface area contributed by atoms with Gasteiger partial charge in [-0.1, -0.05) is 11.6 Å². The smallest absolute Gasteiger partial charge is 0.134 e. The van der Waals surface area contributed by atoms with Gasteiger partial charge < -0.3 is 9.84 Å². The van der Waals surface area contributed by atoms with Crippen molar-refractivity contribution in [1.82, 2.24) is 25.1 Å². The molecule has 0 radical (unpaired) electrons. The Balaban J connectivity index is 1.34. The van der Waals surface area contributed by atoms with Crippen LogP contribution in [0.15, 0.2) is 48.9 Å². The third-order valence-electron chi connectivity index (χ3n) is 6.42. The second-order valence-electron chi connectivity index (χ2n) is 9.14. The lowest BCUT2D eigenvalue weighted by Gasteiger charge is -2.18. The quantitative estimate of drug-likeness (QED) is 0.344. The van der Waals surface area contributed by atoms with Crippen LogP contribution in [0.25, 0.3) is 22.8 Å². The molecule has 36 heavy (non-hydrogen) atoms. The van der Waals surface area contributed by atoms with Crippen molar-refractivity contribution >= 4 is 34.4 Å². The average molecular weight is 508 g/mol. The number of likely N-dealkylation sites (tertiary alicyclic amines) is 1. The summed E-state index contributed by atoms with van der Waals surface area (Å²) in [7, 11) is 0. The van der Waals surface area contributed by atoms with Crippen LogP contribution >= 0.6 is 11.6 Å². The summed E-state index contributed by atoms with van der Waals surface area (Å²) in [6.07, 6.45) is 6.51. The number of hydrogen-bond acceptors (Lipinski definition) is 6. The molecule has 1 aliphatic rings. The molecule has 3 aromatic heterocycles. The Morgan fingerprint density at radius 2 is 2.17 bits per heavy atom. The first-order chi connectivity index (χ1) is 17.4. The van der Waals surface area contributed by atoms with Crippen molar-refractivity contribution in [3.8, 4) is 5.75 Å². The maximum Gasteiger partial charge on any atom is 0.134 e. The van der Waals surface area contributed by atoms with Crippen molar-refractivity contribution in [3.05, 3.63) is 82.0 Å². The fourth-order valence-electron chi connectivity index (χ4n) is 4.57. The molecule has 0 amide bonds. The molecule has 1 fully saturated rings. The van der Waals surface area contributed by atoms with E-state index in [9.17, 15) is 5.11 Å². The van der Waals surface area contributed by atoms with E-state index in [1.54, 1.807) is 18.5 Å². The number of benzene rings is 1. The van der Waals surface area contributed by atoms with Crippen LogP contribution in [0.4, 0.5) is 4.39 Å². The molecule has 7 nitrogen and oxygen atoms in total. The molecular weight excluding hydrogens is 481 g/mol. The van der Waals surface area contributed by atoms with Crippen molar-refractivity contribution in [2.24, 2.45) is 0 Å². The molecule has 2 atom stereocenters. The molecular formula is C27H27ClFN5O2. The summed E-state index contributed by atoms with van der Waals surface area (Å²) < 4.78 is 21.3. The topological polar surface area (TPSA) is 87.2 Å². The van der Waals surface area contributed by atoms with Crippen LogP contribution in [0, 0.1) is 6.92 Å². The van der Waals surface area contributed by atoms with Crippen molar-refractivity contribution in [2.75, 3.05) is 13.1 Å². The number of aromatic amines is 1. The standard InChI is InChI=1S/C27H27ClFN5O2/c1-16-11-30-13-23(28)27(16)17(2)36-21-5-6-25-22(9-21)26(33-32-25)10-24(29)18-3-4-19(31-12-18)14-34-8-7-20(35)15-34/h3-6,9-13,17,20,35H,7-8,14-15H2,1-2H3,(H,32,33)/b24-10-/t17-,20?/m1/s1. The molecule has 9 heteroatoms. The fraction of sp³-hybridized carbons (Fsp3) is 0.296. The number of pyridine rings is 2. The van der Waals surface area contributed by atoms with E-state index in [0.717, 1.165) is 35.2 Å². The van der Waals surface area contributed by atoms with Crippen molar-refractivity contribution < 1.29 is 14.2 Å². The Morgan fingerprint density at radius 3 is 2.89 bits per heavy atom. The first-order valence-corrected chi connectivity index (χ1v) is 12.2. The molecule has 1 aliphatic heterocycles. The number of aliphatic hydroxyl groups is 1. The summed E-state index contributed by atoms with van der Waals surface area (Å²) >= 11 is 6.34. The highest BCUT2D eigenvalue weighted by Crippen LogP contribution is 2.32. The number of rotatable bonds is 7. The molecule has 186 valence electrons. The zero-order valence-electron chi connectivity index (χ0n) is 20.1. The van der Waals surface area contributed by atoms with E-state index in [4.69, 9.17) is 16.3 Å². The van der Waals surface area contributed by atoms with Gasteiger partial charge in [-0.05, 0) is 56.2 Å². The van der Waals surface area contributed by atoms with Crippen LogP contribution in [0.1, 0.15) is 47.5 Å². The van der Waals surface area contributed by atoms with E-state index < -0.39 is 5.83 Å². The van der Waals surface area contributed by atoms with E-state index in [2.05, 4.69) is 25.1 Å². The first kappa shape index (κ1) is 24.4. The Hall–Kier alpha value is -3.33. The van der Waals surface area contributed by atoms with E-state index in [-0.39, 0.29) is 12.2 Å². The number of fused-ring (bicyclic) bond motifs is 1. The number of hydrogen-bond donors (Lipinski definition) is 2. The summed E-state index contributed by atoms with van der Waals surface area (Å²) in [5.41, 5.74) is 4.28. The third-order valence-corrected chi connectivity index (χ3v) is 6.72. The third kappa shape index (κ3) is 5.26. The number of ether oxygens (including phenoxy) is 1. The monoisotopic (exact) mass is 507 g/mol. The summed E-state index contributed by atoms with van der Waals surface area (Å²) in [4.78, 5) is 10.6. The van der Waals surface area contributed by atoms with Gasteiger partial charge in [0.15, 0.2) is 0 Å². The van der Waals surface area contributed by atoms with Gasteiger partial charge in [0.25, 0.3) is 0 Å². The molecule has 0 aliphatic carbocycles. The minimum atomic E-state index is -0.421. The minimum absolute atomic E-state index is 0.277. The summed E-state index contributed by atoms with van der Waals surface area (Å²) in [5.74, 6) is 0.201. The lowest BCUT2D eigenvalue weighted by molar-refractivity contribution is 0.174. The van der Waals surface area contributed by atoms with Crippen LogP contribution in [-0.4, -0.2) is 49.4 Å². The highest BCUT2D eigenvalue weighted by molar-refractivity contribution is 6.31. The molecule has 5 rings (SSSR count). The van der Waals surface area contributed by atoms with Gasteiger partial charge in [0.2, 0.25) is 0 Å². The van der Waals surface area contributed by atoms with Crippen molar-refractivity contribution in [1.29, 1.82) is 0 Å². The van der Waals surface area contributed by atoms with E-state index in [0.29, 0.717) is 40.6 Å². The molecule has 1 aromatic carbocycles. The largest absolute Gasteiger partial charge is 0.486 e. The molecule has 0 spiro atoms. The van der Waals surface area contributed by atoms with E-state index >= 15 is 4.39 Å². The summed E-state index contributed by atoms with van der Waals surface area (Å²) in [5, 5.41) is 18.2. The van der Waals surface area contributed by atoms with Gasteiger partial charge in [0, 0.05) is 60.8 Å². The number of β-amino-alcohol motifs (C(OH)–C–C–N with tert-alkyl or cyclic N) is 1. The molecule has 4 aromatic rings. The Morgan fingerprint density at radius 1 is 1.31 bits per heavy atom. The highest BCUT2D eigenvalue weighted by atomic mass is 35.5. The Labute approximate surface area is 213 Å². The maximum atomic E-state index is 15.1. The number of H-pyrrole nitrogens is 1. The van der Waals surface area contributed by atoms with Gasteiger partial charge in [0.05, 0.1) is 28.0 Å². The van der Waals surface area contributed by atoms with Gasteiger partial charge >= 0.3 is 0 Å². The van der Waals surface area contributed by atoms with Gasteiger partial charge in [-0.15, -0.1) is 0 Å². The maximum absolute atomic E-state index is 15.1. The van der Waals surface area contributed by atoms with E-state index in [1.165, 1.54) is 12.3 Å². The fourth-order valence-corrected chi connectivity index (χ4v) is 4.93. The average Bonchev–Trinajstić information content (AvgIpc) is 3.44. The lowest BCUT2D eigenvalue weighted by Crippen LogP contribution is -2.21. The van der Waals surface area contributed by atoms with Crippen molar-refractivity contribution in [2.45, 2.75) is 39.0 Å². The van der Waals surface area contributed by atoms with Crippen LogP contribution in [0.5, 0.6) is 5.75 Å². The highest BCUT2D eigenvalue weighted by Gasteiger charge is 2.20. The number of nitrogens with zero attached hydrogens (tertiary/aromatic N) is 4. The zero-order valence-corrected chi connectivity index (χ0v) is 20.8. The van der Waals surface area contributed by atoms with Gasteiger partial charge in [-0.3, -0.25) is 20.0 Å². The molecule has 1 saturated heterocycles. The Bertz CT molecular complexity index is 1390. The molecule has 0 bridgehead atoms. The van der Waals surface area contributed by atoms with Gasteiger partial charge in [-0.2, -0.15) is 5.10 Å². The number of nitrogens with one attached hydrogen (secondary N) is 1. The lowest BCUT2D eigenvalue weighted by atomic mass is 10.1. The number of aromatic nitrogens is 4. The minimum Gasteiger partial charge on any atom is -0.486 e. The normalized spacial score (nSPS) is 17.6. The number of halogens is 2. The molecule has 2 N–H and O–H groups in total. The van der Waals surface area contributed by atoms with Gasteiger partial charge in [-0.25, -0.2) is 4.39 Å². The van der Waals surface area contributed by atoms with Crippen LogP contribution in [0.2, 0.25) is 5.02 Å². The van der Waals surface area contributed by atoms with Crippen molar-refractivity contribution in [3.63, 3.8) is 0 Å². The predicted molar refractivity (Wildman–Crippen MR) is 138 cm³/mol. The Kier molecular flexibility index (Phi) is 7.00. The number of aryl methyl sites for hydroxylation is 1. The van der Waals surface area contributed by atoms with Crippen LogP contribution < -0.4 is 4.74 Å². The summed E-state index contributed by atoms with van der Waals surface area (Å²) in [6, 6.07) is 9.03. The van der Waals surface area contributed by atoms with Crippen LogP contribution in [-0.2, 0) is 6.54 Å². The van der Waals surface area contributed by atoms with E-state index in [1.807, 2.05) is 38.1 Å². The van der Waals surface area contributed by atoms with Crippen LogP contribution in [0.3, 0.4) is 0 Å². The second-order valence-corrected chi connectivity index (χ2v) is 9.54. The predicted octanol–water partition coefficient (Wildman–Crippen LogP) is 5.49. The second kappa shape index (κ2) is 10.3. The zero-order chi connectivity index (χ0) is 25.2. The first-order valence-electron chi connectivity index (χ1n) is 11.8.